The molecule has 4 aromatic rings. The monoisotopic (exact) mass is 664 g/mol. The molecule has 238 valence electrons. The van der Waals surface area contributed by atoms with Crippen molar-refractivity contribution in [3.05, 3.63) is 118 Å². The van der Waals surface area contributed by atoms with Crippen LogP contribution >= 0.6 is 23.2 Å². The molecule has 3 aromatic carbocycles. The first-order valence-corrected chi connectivity index (χ1v) is 15.4. The second-order valence-electron chi connectivity index (χ2n) is 11.0. The molecule has 6 rings (SSSR count). The van der Waals surface area contributed by atoms with Gasteiger partial charge in [-0.25, -0.2) is 14.7 Å². The minimum absolute atomic E-state index is 0.0385. The molecule has 2 N–H and O–H groups in total. The fraction of sp³-hybridized carbons (Fsp3) is 0.273. The molecule has 1 aromatic heterocycles. The van der Waals surface area contributed by atoms with E-state index in [0.717, 1.165) is 21.6 Å². The van der Waals surface area contributed by atoms with E-state index in [-0.39, 0.29) is 37.0 Å². The summed E-state index contributed by atoms with van der Waals surface area (Å²) >= 11 is 12.4. The number of rotatable bonds is 9. The van der Waals surface area contributed by atoms with Gasteiger partial charge in [-0.1, -0.05) is 89.9 Å². The van der Waals surface area contributed by atoms with Crippen molar-refractivity contribution in [2.24, 2.45) is 0 Å². The number of aromatic nitrogens is 2. The lowest BCUT2D eigenvalue weighted by Crippen LogP contribution is -2.42. The number of alkyl carbamates (subject to hydrolysis) is 1. The number of nitrogens with one attached hydrogen (secondary N) is 1. The minimum Gasteiger partial charge on any atom is -0.445 e. The number of anilines is 1. The molecule has 0 spiro atoms. The Hall–Kier alpha value is -4.26. The Morgan fingerprint density at radius 3 is 2.35 bits per heavy atom. The van der Waals surface area contributed by atoms with Gasteiger partial charge in [0.1, 0.15) is 17.8 Å². The number of hydrogen-bond donors (Lipinski definition) is 2. The van der Waals surface area contributed by atoms with E-state index in [1.54, 1.807) is 35.2 Å². The third kappa shape index (κ3) is 7.09. The lowest BCUT2D eigenvalue weighted by molar-refractivity contribution is -0.252. The minimum atomic E-state index is -1.04. The van der Waals surface area contributed by atoms with Gasteiger partial charge in [-0.15, -0.1) is 0 Å². The average molecular weight is 666 g/mol. The third-order valence-corrected chi connectivity index (χ3v) is 8.59. The number of ether oxygens (including phenoxy) is 3. The molecule has 4 unspecified atom stereocenters. The number of nitrogens with zero attached hydrogens (tertiary/aromatic N) is 3. The van der Waals surface area contributed by atoms with Crippen LogP contribution in [0.1, 0.15) is 47.5 Å². The van der Waals surface area contributed by atoms with E-state index in [9.17, 15) is 19.5 Å². The Labute approximate surface area is 274 Å². The van der Waals surface area contributed by atoms with Gasteiger partial charge in [-0.2, -0.15) is 0 Å². The maximum atomic E-state index is 13.1. The summed E-state index contributed by atoms with van der Waals surface area (Å²) in [5.41, 5.74) is 3.51. The number of halogens is 2. The summed E-state index contributed by atoms with van der Waals surface area (Å²) in [6.45, 7) is 0.348. The molecule has 3 heterocycles. The van der Waals surface area contributed by atoms with Gasteiger partial charge in [0, 0.05) is 12.0 Å². The number of aliphatic hydroxyl groups is 1. The molecule has 2 saturated heterocycles. The van der Waals surface area contributed by atoms with E-state index in [2.05, 4.69) is 10.3 Å². The van der Waals surface area contributed by atoms with Gasteiger partial charge in [-0.3, -0.25) is 9.59 Å². The highest BCUT2D eigenvalue weighted by Gasteiger charge is 2.41. The molecular weight excluding hydrogens is 635 g/mol. The molecule has 11 nitrogen and oxygen atoms in total. The molecular formula is C33H30Cl2N4O7. The van der Waals surface area contributed by atoms with Crippen LogP contribution in [0, 0.1) is 0 Å². The number of hydrogen-bond acceptors (Lipinski definition) is 8. The van der Waals surface area contributed by atoms with Crippen LogP contribution in [-0.4, -0.2) is 44.7 Å². The van der Waals surface area contributed by atoms with Crippen molar-refractivity contribution >= 4 is 46.8 Å². The second kappa shape index (κ2) is 14.0. The number of imide groups is 1. The third-order valence-electron chi connectivity index (χ3n) is 7.82. The van der Waals surface area contributed by atoms with E-state index in [1.807, 2.05) is 54.6 Å². The first-order chi connectivity index (χ1) is 22.3. The van der Waals surface area contributed by atoms with Crippen LogP contribution in [0.4, 0.5) is 10.5 Å². The van der Waals surface area contributed by atoms with Gasteiger partial charge in [0.15, 0.2) is 11.4 Å². The molecule has 0 aliphatic carbocycles. The van der Waals surface area contributed by atoms with Gasteiger partial charge < -0.3 is 29.2 Å². The van der Waals surface area contributed by atoms with E-state index in [4.69, 9.17) is 37.4 Å². The SMILES string of the molecule is O=C(NC1CC(=O)N(c2ccc(C3OC(Cn4cnc(Cl)c4Cl)CC(c4ccc(CO)cc4)O3)cc2)C1=O)OCc1ccccc1. The average Bonchev–Trinajstić information content (AvgIpc) is 3.55. The summed E-state index contributed by atoms with van der Waals surface area (Å²) < 4.78 is 19.6. The maximum absolute atomic E-state index is 13.1. The Bertz CT molecular complexity index is 1700. The predicted molar refractivity (Wildman–Crippen MR) is 168 cm³/mol. The fourth-order valence-electron chi connectivity index (χ4n) is 5.43. The number of amides is 3. The van der Waals surface area contributed by atoms with Crippen molar-refractivity contribution in [3.8, 4) is 0 Å². The first-order valence-electron chi connectivity index (χ1n) is 14.6. The highest BCUT2D eigenvalue weighted by molar-refractivity contribution is 6.40. The topological polar surface area (TPSA) is 132 Å². The molecule has 0 bridgehead atoms. The van der Waals surface area contributed by atoms with Crippen LogP contribution in [0.3, 0.4) is 0 Å². The van der Waals surface area contributed by atoms with Crippen molar-refractivity contribution in [1.29, 1.82) is 0 Å². The van der Waals surface area contributed by atoms with Crippen LogP contribution in [0.15, 0.2) is 85.2 Å². The predicted octanol–water partition coefficient (Wildman–Crippen LogP) is 5.49. The Morgan fingerprint density at radius 1 is 0.957 bits per heavy atom. The number of carbonyl (C=O) groups excluding carboxylic acids is 3. The van der Waals surface area contributed by atoms with Gasteiger partial charge >= 0.3 is 6.09 Å². The van der Waals surface area contributed by atoms with E-state index in [0.29, 0.717) is 29.4 Å². The van der Waals surface area contributed by atoms with Crippen molar-refractivity contribution in [2.45, 2.75) is 57.1 Å². The largest absolute Gasteiger partial charge is 0.445 e. The fourth-order valence-corrected chi connectivity index (χ4v) is 5.74. The second-order valence-corrected chi connectivity index (χ2v) is 11.7. The van der Waals surface area contributed by atoms with Crippen LogP contribution in [-0.2, 0) is 43.6 Å². The van der Waals surface area contributed by atoms with Crippen molar-refractivity contribution in [2.75, 3.05) is 4.90 Å². The molecule has 46 heavy (non-hydrogen) atoms. The zero-order chi connectivity index (χ0) is 32.2. The zero-order valence-corrected chi connectivity index (χ0v) is 25.9. The maximum Gasteiger partial charge on any atom is 0.408 e. The standard InChI is InChI=1S/C33H30Cl2N4O7/c34-29-30(35)38(19-36-29)16-25-14-27(22-8-6-20(17-40)7-9-22)46-32(45-25)23-10-12-24(13-11-23)39-28(41)15-26(31(39)42)37-33(43)44-18-21-4-2-1-3-5-21/h1-13,19,25-27,32,40H,14-18H2,(H,37,43). The lowest BCUT2D eigenvalue weighted by atomic mass is 10.00. The Kier molecular flexibility index (Phi) is 9.67. The van der Waals surface area contributed by atoms with Gasteiger partial charge in [0.05, 0.1) is 43.8 Å². The summed E-state index contributed by atoms with van der Waals surface area (Å²) in [6, 6.07) is 22.3. The first kappa shape index (κ1) is 31.7. The Balaban J connectivity index is 1.14. The molecule has 0 radical (unpaired) electrons. The molecule has 2 aliphatic heterocycles. The lowest BCUT2D eigenvalue weighted by Gasteiger charge is -2.36. The van der Waals surface area contributed by atoms with Gasteiger partial charge in [0.25, 0.3) is 5.91 Å². The summed E-state index contributed by atoms with van der Waals surface area (Å²) in [6.07, 6.45) is -0.371. The van der Waals surface area contributed by atoms with Crippen LogP contribution in [0.2, 0.25) is 10.3 Å². The smallest absolute Gasteiger partial charge is 0.408 e. The van der Waals surface area contributed by atoms with Gasteiger partial charge in [-0.05, 0) is 28.8 Å². The summed E-state index contributed by atoms with van der Waals surface area (Å²) in [4.78, 5) is 43.4. The van der Waals surface area contributed by atoms with Crippen molar-refractivity contribution in [3.63, 3.8) is 0 Å². The van der Waals surface area contributed by atoms with E-state index < -0.39 is 30.2 Å². The summed E-state index contributed by atoms with van der Waals surface area (Å²) in [5, 5.41) is 12.5. The highest BCUT2D eigenvalue weighted by atomic mass is 35.5. The van der Waals surface area contributed by atoms with E-state index >= 15 is 0 Å². The number of imidazole rings is 1. The molecule has 2 aliphatic rings. The van der Waals surface area contributed by atoms with E-state index in [1.165, 1.54) is 0 Å². The number of aliphatic hydroxyl groups excluding tert-OH is 1. The normalized spacial score (nSPS) is 21.4. The molecule has 4 atom stereocenters. The molecule has 13 heteroatoms. The number of benzene rings is 3. The van der Waals surface area contributed by atoms with Crippen molar-refractivity contribution < 1.29 is 33.7 Å². The van der Waals surface area contributed by atoms with Crippen LogP contribution < -0.4 is 10.2 Å². The van der Waals surface area contributed by atoms with Crippen LogP contribution in [0.25, 0.3) is 0 Å². The molecule has 2 fully saturated rings. The summed E-state index contributed by atoms with van der Waals surface area (Å²) in [5.74, 6) is -1.000. The Morgan fingerprint density at radius 2 is 1.67 bits per heavy atom. The summed E-state index contributed by atoms with van der Waals surface area (Å²) in [7, 11) is 0. The quantitative estimate of drug-likeness (QED) is 0.225. The molecule has 0 saturated carbocycles. The van der Waals surface area contributed by atoms with Gasteiger partial charge in [0.2, 0.25) is 5.91 Å². The number of carbonyl (C=O) groups is 3. The molecule has 3 amide bonds. The van der Waals surface area contributed by atoms with Crippen LogP contribution in [0.5, 0.6) is 0 Å². The van der Waals surface area contributed by atoms with Crippen molar-refractivity contribution in [1.82, 2.24) is 14.9 Å². The highest BCUT2D eigenvalue weighted by Crippen LogP contribution is 2.39. The zero-order valence-electron chi connectivity index (χ0n) is 24.4.